The molecular weight excluding hydrogens is 344 g/mol. The second kappa shape index (κ2) is 7.07. The van der Waals surface area contributed by atoms with Gasteiger partial charge in [-0.1, -0.05) is 0 Å². The van der Waals surface area contributed by atoms with Gasteiger partial charge in [0.25, 0.3) is 5.91 Å². The first-order valence-electron chi connectivity index (χ1n) is 7.18. The molecule has 1 N–H and O–H groups in total. The molecule has 118 valence electrons. The molecule has 1 aromatic carbocycles. The number of hydrogen-bond acceptors (Lipinski definition) is 3. The van der Waals surface area contributed by atoms with Gasteiger partial charge in [0.2, 0.25) is 0 Å². The van der Waals surface area contributed by atoms with Crippen molar-refractivity contribution in [2.24, 2.45) is 0 Å². The molecule has 0 bridgehead atoms. The van der Waals surface area contributed by atoms with Gasteiger partial charge < -0.3 is 10.2 Å². The lowest BCUT2D eigenvalue weighted by molar-refractivity contribution is 0.0797. The molecule has 5 nitrogen and oxygen atoms in total. The fourth-order valence-electron chi connectivity index (χ4n) is 2.22. The second-order valence-corrected chi connectivity index (χ2v) is 6.07. The van der Waals surface area contributed by atoms with Crippen LogP contribution in [-0.2, 0) is 0 Å². The lowest BCUT2D eigenvalue weighted by Gasteiger charge is -2.17. The molecule has 0 saturated heterocycles. The molecule has 2 aromatic rings. The molecule has 1 amide bonds. The fraction of sp³-hybridized carbons (Fsp3) is 0.375. The van der Waals surface area contributed by atoms with E-state index >= 15 is 0 Å². The fourth-order valence-corrected chi connectivity index (χ4v) is 2.47. The molecule has 0 radical (unpaired) electrons. The maximum atomic E-state index is 12.3. The van der Waals surface area contributed by atoms with Gasteiger partial charge in [-0.15, -0.1) is 0 Å². The highest BCUT2D eigenvalue weighted by Crippen LogP contribution is 2.23. The van der Waals surface area contributed by atoms with E-state index < -0.39 is 0 Å². The Morgan fingerprint density at radius 2 is 1.95 bits per heavy atom. The van der Waals surface area contributed by atoms with Gasteiger partial charge in [-0.3, -0.25) is 4.79 Å². The van der Waals surface area contributed by atoms with Gasteiger partial charge >= 0.3 is 0 Å². The summed E-state index contributed by atoms with van der Waals surface area (Å²) in [5.74, 6) is 0.0244. The number of carbonyl (C=O) groups excluding carboxylic acids is 1. The second-order valence-electron chi connectivity index (χ2n) is 5.27. The minimum absolute atomic E-state index is 0.0244. The van der Waals surface area contributed by atoms with Crippen LogP contribution in [0.3, 0.4) is 0 Å². The summed E-state index contributed by atoms with van der Waals surface area (Å²) in [6, 6.07) is 7.53. The van der Waals surface area contributed by atoms with Gasteiger partial charge in [-0.05, 0) is 61.1 Å². The maximum absolute atomic E-state index is 12.3. The highest BCUT2D eigenvalue weighted by molar-refractivity contribution is 9.10. The standard InChI is InChI=1S/C16H21BrN4O/c1-11-15(17)12(2)21(19-11)14-7-5-13(6-8-14)16(22)20(4)10-9-18-3/h5-8,18H,9-10H2,1-4H3. The lowest BCUT2D eigenvalue weighted by Crippen LogP contribution is -2.32. The molecule has 2 rings (SSSR count). The molecule has 0 spiro atoms. The Morgan fingerprint density at radius 1 is 1.32 bits per heavy atom. The third kappa shape index (κ3) is 3.39. The molecule has 0 aliphatic rings. The number of rotatable bonds is 5. The van der Waals surface area contributed by atoms with Gasteiger partial charge in [0.05, 0.1) is 21.5 Å². The van der Waals surface area contributed by atoms with E-state index in [9.17, 15) is 4.79 Å². The number of amides is 1. The van der Waals surface area contributed by atoms with E-state index in [0.29, 0.717) is 12.1 Å². The summed E-state index contributed by atoms with van der Waals surface area (Å²) < 4.78 is 2.89. The predicted octanol–water partition coefficient (Wildman–Crippen LogP) is 2.54. The largest absolute Gasteiger partial charge is 0.340 e. The van der Waals surface area contributed by atoms with Crippen LogP contribution in [0.4, 0.5) is 0 Å². The van der Waals surface area contributed by atoms with Crippen molar-refractivity contribution in [3.8, 4) is 5.69 Å². The summed E-state index contributed by atoms with van der Waals surface area (Å²) in [5.41, 5.74) is 3.62. The van der Waals surface area contributed by atoms with Crippen molar-refractivity contribution < 1.29 is 4.79 Å². The van der Waals surface area contributed by atoms with Crippen LogP contribution in [0.15, 0.2) is 28.7 Å². The van der Waals surface area contributed by atoms with Crippen molar-refractivity contribution in [2.75, 3.05) is 27.2 Å². The summed E-state index contributed by atoms with van der Waals surface area (Å²) in [7, 11) is 3.69. The number of nitrogens with zero attached hydrogens (tertiary/aromatic N) is 3. The van der Waals surface area contributed by atoms with Crippen molar-refractivity contribution in [2.45, 2.75) is 13.8 Å². The van der Waals surface area contributed by atoms with Gasteiger partial charge in [0, 0.05) is 25.7 Å². The monoisotopic (exact) mass is 364 g/mol. The first-order valence-corrected chi connectivity index (χ1v) is 7.97. The van der Waals surface area contributed by atoms with Crippen LogP contribution in [0.1, 0.15) is 21.7 Å². The first kappa shape index (κ1) is 16.7. The molecule has 1 aromatic heterocycles. The Bertz CT molecular complexity index is 664. The number of hydrogen-bond donors (Lipinski definition) is 1. The van der Waals surface area contributed by atoms with Crippen LogP contribution < -0.4 is 5.32 Å². The SMILES string of the molecule is CNCCN(C)C(=O)c1ccc(-n2nc(C)c(Br)c2C)cc1. The van der Waals surface area contributed by atoms with Crippen LogP contribution in [0, 0.1) is 13.8 Å². The maximum Gasteiger partial charge on any atom is 0.253 e. The summed E-state index contributed by atoms with van der Waals surface area (Å²) in [6.45, 7) is 5.43. The highest BCUT2D eigenvalue weighted by Gasteiger charge is 2.13. The number of aromatic nitrogens is 2. The van der Waals surface area contributed by atoms with Crippen LogP contribution in [0.2, 0.25) is 0 Å². The molecule has 0 aliphatic heterocycles. The topological polar surface area (TPSA) is 50.2 Å². The van der Waals surface area contributed by atoms with Gasteiger partial charge in [0.1, 0.15) is 0 Å². The van der Waals surface area contributed by atoms with Crippen molar-refractivity contribution in [1.29, 1.82) is 0 Å². The smallest absolute Gasteiger partial charge is 0.253 e. The zero-order chi connectivity index (χ0) is 16.3. The summed E-state index contributed by atoms with van der Waals surface area (Å²) in [4.78, 5) is 14.0. The van der Waals surface area contributed by atoms with Crippen LogP contribution >= 0.6 is 15.9 Å². The van der Waals surface area contributed by atoms with Crippen molar-refractivity contribution >= 4 is 21.8 Å². The first-order chi connectivity index (χ1) is 10.5. The number of benzene rings is 1. The molecule has 0 unspecified atom stereocenters. The van der Waals surface area contributed by atoms with Crippen LogP contribution in [-0.4, -0.2) is 47.8 Å². The van der Waals surface area contributed by atoms with Gasteiger partial charge in [0.15, 0.2) is 0 Å². The number of carbonyl (C=O) groups is 1. The Morgan fingerprint density at radius 3 is 2.45 bits per heavy atom. The quantitative estimate of drug-likeness (QED) is 0.886. The zero-order valence-electron chi connectivity index (χ0n) is 13.4. The Kier molecular flexibility index (Phi) is 5.37. The van der Waals surface area contributed by atoms with E-state index in [-0.39, 0.29) is 5.91 Å². The average molecular weight is 365 g/mol. The number of halogens is 1. The molecule has 0 atom stereocenters. The molecule has 1 heterocycles. The summed E-state index contributed by atoms with van der Waals surface area (Å²) in [6.07, 6.45) is 0. The number of nitrogens with one attached hydrogen (secondary N) is 1. The van der Waals surface area contributed by atoms with E-state index in [1.54, 1.807) is 4.90 Å². The van der Waals surface area contributed by atoms with Crippen LogP contribution in [0.25, 0.3) is 5.69 Å². The molecule has 22 heavy (non-hydrogen) atoms. The minimum Gasteiger partial charge on any atom is -0.340 e. The Balaban J connectivity index is 2.20. The third-order valence-electron chi connectivity index (χ3n) is 3.61. The number of aryl methyl sites for hydroxylation is 1. The van der Waals surface area contributed by atoms with E-state index in [2.05, 4.69) is 26.3 Å². The summed E-state index contributed by atoms with van der Waals surface area (Å²) in [5, 5.41) is 7.54. The summed E-state index contributed by atoms with van der Waals surface area (Å²) >= 11 is 3.53. The van der Waals surface area contributed by atoms with E-state index in [1.165, 1.54) is 0 Å². The minimum atomic E-state index is 0.0244. The molecular formula is C16H21BrN4O. The average Bonchev–Trinajstić information content (AvgIpc) is 2.79. The highest BCUT2D eigenvalue weighted by atomic mass is 79.9. The van der Waals surface area contributed by atoms with Crippen LogP contribution in [0.5, 0.6) is 0 Å². The Hall–Kier alpha value is -1.66. The van der Waals surface area contributed by atoms with Crippen molar-refractivity contribution in [3.63, 3.8) is 0 Å². The zero-order valence-corrected chi connectivity index (χ0v) is 14.9. The number of likely N-dealkylation sites (N-methyl/N-ethyl adjacent to an activating group) is 2. The Labute approximate surface area is 139 Å². The van der Waals surface area contributed by atoms with E-state index in [4.69, 9.17) is 0 Å². The molecule has 0 aliphatic carbocycles. The lowest BCUT2D eigenvalue weighted by atomic mass is 10.2. The van der Waals surface area contributed by atoms with Crippen molar-refractivity contribution in [3.05, 3.63) is 45.7 Å². The van der Waals surface area contributed by atoms with E-state index in [0.717, 1.165) is 28.1 Å². The third-order valence-corrected chi connectivity index (χ3v) is 4.75. The molecule has 0 saturated carbocycles. The normalized spacial score (nSPS) is 10.8. The van der Waals surface area contributed by atoms with E-state index in [1.807, 2.05) is 56.9 Å². The van der Waals surface area contributed by atoms with Gasteiger partial charge in [-0.25, -0.2) is 4.68 Å². The molecule has 6 heteroatoms. The predicted molar refractivity (Wildman–Crippen MR) is 91.6 cm³/mol. The van der Waals surface area contributed by atoms with Gasteiger partial charge in [-0.2, -0.15) is 5.10 Å². The van der Waals surface area contributed by atoms with Crippen molar-refractivity contribution in [1.82, 2.24) is 20.0 Å². The molecule has 0 fully saturated rings.